The Labute approximate surface area is 155 Å². The van der Waals surface area contributed by atoms with Crippen LogP contribution >= 0.6 is 0 Å². The van der Waals surface area contributed by atoms with Crippen LogP contribution in [0.25, 0.3) is 0 Å². The lowest BCUT2D eigenvalue weighted by Crippen LogP contribution is -2.41. The number of esters is 1. The molecule has 2 atom stereocenters. The lowest BCUT2D eigenvalue weighted by molar-refractivity contribution is -0.159. The summed E-state index contributed by atoms with van der Waals surface area (Å²) < 4.78 is 29.7. The van der Waals surface area contributed by atoms with Crippen LogP contribution in [-0.4, -0.2) is 49.6 Å². The van der Waals surface area contributed by atoms with E-state index >= 15 is 0 Å². The van der Waals surface area contributed by atoms with Gasteiger partial charge in [-0.2, -0.15) is 0 Å². The molecule has 1 N–H and O–H groups in total. The summed E-state index contributed by atoms with van der Waals surface area (Å²) in [6, 6.07) is 9.01. The van der Waals surface area contributed by atoms with Crippen LogP contribution in [0, 0.1) is 17.8 Å². The Balaban J connectivity index is 3.00. The third-order valence-corrected chi connectivity index (χ3v) is 5.36. The van der Waals surface area contributed by atoms with Gasteiger partial charge in [-0.05, 0) is 17.9 Å². The number of carbonyl (C=O) groups excluding carboxylic acids is 1. The van der Waals surface area contributed by atoms with Crippen molar-refractivity contribution in [2.75, 3.05) is 19.8 Å². The molecular weight excluding hydrogens is 358 g/mol. The van der Waals surface area contributed by atoms with Crippen LogP contribution in [0.4, 0.5) is 0 Å². The topological polar surface area (TPSA) is 101 Å². The Hall–Kier alpha value is -1.93. The van der Waals surface area contributed by atoms with E-state index in [2.05, 4.69) is 0 Å². The first-order valence-corrected chi connectivity index (χ1v) is 10.2. The fraction of sp³-hybridized carbons (Fsp3) is 0.556. The van der Waals surface area contributed by atoms with Crippen molar-refractivity contribution in [2.45, 2.75) is 26.9 Å². The van der Waals surface area contributed by atoms with E-state index in [4.69, 9.17) is 4.74 Å². The number of hydrogen-bond donors (Lipinski definition) is 1. The number of ether oxygens (including phenoxy) is 1. The van der Waals surface area contributed by atoms with Gasteiger partial charge in [0.05, 0.1) is 18.1 Å². The lowest BCUT2D eigenvalue weighted by atomic mass is 9.85. The predicted molar refractivity (Wildman–Crippen MR) is 97.8 cm³/mol. The smallest absolute Gasteiger partial charge is 0.311 e. The highest BCUT2D eigenvalue weighted by atomic mass is 32.2. The van der Waals surface area contributed by atoms with E-state index in [9.17, 15) is 23.1 Å². The fourth-order valence-corrected chi connectivity index (χ4v) is 2.99. The fourth-order valence-electron chi connectivity index (χ4n) is 2.56. The number of carboxylic acids is 1. The predicted octanol–water partition coefficient (Wildman–Crippen LogP) is 1.98. The molecule has 8 heteroatoms. The van der Waals surface area contributed by atoms with Gasteiger partial charge in [0.25, 0.3) is 0 Å². The molecule has 0 aromatic heterocycles. The van der Waals surface area contributed by atoms with Gasteiger partial charge in [-0.1, -0.05) is 44.2 Å². The molecule has 0 saturated heterocycles. The highest BCUT2D eigenvalue weighted by Gasteiger charge is 2.37. The molecule has 0 spiro atoms. The summed E-state index contributed by atoms with van der Waals surface area (Å²) in [4.78, 5) is 24.3. The minimum atomic E-state index is -3.55. The average molecular weight is 385 g/mol. The monoisotopic (exact) mass is 385 g/mol. The van der Waals surface area contributed by atoms with Gasteiger partial charge in [-0.15, -0.1) is 0 Å². The summed E-state index contributed by atoms with van der Waals surface area (Å²) >= 11 is 0. The zero-order chi connectivity index (χ0) is 19.9. The summed E-state index contributed by atoms with van der Waals surface area (Å²) in [6.07, 6.45) is 1.26. The van der Waals surface area contributed by atoms with Crippen LogP contribution in [0.5, 0.6) is 0 Å². The molecule has 0 aliphatic heterocycles. The Kier molecular flexibility index (Phi) is 8.23. The minimum absolute atomic E-state index is 0.00673. The van der Waals surface area contributed by atoms with E-state index in [0.717, 1.165) is 16.1 Å². The van der Waals surface area contributed by atoms with E-state index < -0.39 is 33.8 Å². The number of rotatable bonds is 10. The molecule has 1 aromatic rings. The van der Waals surface area contributed by atoms with E-state index in [-0.39, 0.29) is 25.5 Å². The maximum Gasteiger partial charge on any atom is 0.311 e. The molecule has 0 heterocycles. The first-order chi connectivity index (χ1) is 12.0. The van der Waals surface area contributed by atoms with Gasteiger partial charge in [-0.3, -0.25) is 9.59 Å². The maximum absolute atomic E-state index is 12.6. The molecular formula is C18H27NO6S. The van der Waals surface area contributed by atoms with Crippen LogP contribution in [-0.2, 0) is 31.0 Å². The molecule has 1 aromatic carbocycles. The van der Waals surface area contributed by atoms with Crippen molar-refractivity contribution in [3.8, 4) is 0 Å². The maximum atomic E-state index is 12.6. The molecule has 0 amide bonds. The molecule has 0 saturated carbocycles. The Morgan fingerprint density at radius 2 is 1.73 bits per heavy atom. The molecule has 1 rings (SSSR count). The van der Waals surface area contributed by atoms with Gasteiger partial charge in [0.1, 0.15) is 6.61 Å². The Bertz CT molecular complexity index is 702. The van der Waals surface area contributed by atoms with Gasteiger partial charge in [0.15, 0.2) is 0 Å². The highest BCUT2D eigenvalue weighted by molar-refractivity contribution is 7.88. The third kappa shape index (κ3) is 7.13. The zero-order valence-corrected chi connectivity index (χ0v) is 16.4. The summed E-state index contributed by atoms with van der Waals surface area (Å²) in [5.74, 6) is -3.93. The van der Waals surface area contributed by atoms with Crippen molar-refractivity contribution in [3.05, 3.63) is 35.9 Å². The largest absolute Gasteiger partial charge is 0.481 e. The molecule has 0 bridgehead atoms. The van der Waals surface area contributed by atoms with Crippen LogP contribution in [0.2, 0.25) is 0 Å². The summed E-state index contributed by atoms with van der Waals surface area (Å²) in [5.41, 5.74) is 0.770. The van der Waals surface area contributed by atoms with Gasteiger partial charge in [-0.25, -0.2) is 12.7 Å². The van der Waals surface area contributed by atoms with E-state index in [0.29, 0.717) is 0 Å². The first kappa shape index (κ1) is 22.1. The molecule has 2 unspecified atom stereocenters. The average Bonchev–Trinajstić information content (AvgIpc) is 2.55. The van der Waals surface area contributed by atoms with Gasteiger partial charge < -0.3 is 9.84 Å². The minimum Gasteiger partial charge on any atom is -0.481 e. The summed E-state index contributed by atoms with van der Waals surface area (Å²) in [6.45, 7) is 3.47. The standard InChI is InChI=1S/C18H27NO6S/c1-13(2)10-15(17(20)21)16(11-19(3)26(4,23)24)18(22)25-12-14-8-6-5-7-9-14/h5-9,13,15-16H,10-12H2,1-4H3,(H,20,21). The zero-order valence-electron chi connectivity index (χ0n) is 15.6. The number of carbonyl (C=O) groups is 2. The molecule has 7 nitrogen and oxygen atoms in total. The van der Waals surface area contributed by atoms with Gasteiger partial charge in [0, 0.05) is 13.6 Å². The van der Waals surface area contributed by atoms with E-state index in [1.807, 2.05) is 19.9 Å². The van der Waals surface area contributed by atoms with Crippen molar-refractivity contribution in [3.63, 3.8) is 0 Å². The third-order valence-electron chi connectivity index (χ3n) is 4.07. The molecule has 0 aliphatic carbocycles. The Morgan fingerprint density at radius 1 is 1.15 bits per heavy atom. The number of carboxylic acid groups (broad SMARTS) is 1. The van der Waals surface area contributed by atoms with Crippen LogP contribution in [0.15, 0.2) is 30.3 Å². The molecule has 0 aliphatic rings. The van der Waals surface area contributed by atoms with Crippen LogP contribution < -0.4 is 0 Å². The van der Waals surface area contributed by atoms with Gasteiger partial charge in [0.2, 0.25) is 10.0 Å². The highest BCUT2D eigenvalue weighted by Crippen LogP contribution is 2.24. The number of hydrogen-bond acceptors (Lipinski definition) is 5. The molecule has 0 radical (unpaired) electrons. The molecule has 146 valence electrons. The number of nitrogens with zero attached hydrogens (tertiary/aromatic N) is 1. The SMILES string of the molecule is CC(C)CC(C(=O)O)C(CN(C)S(C)(=O)=O)C(=O)OCc1ccccc1. The molecule has 26 heavy (non-hydrogen) atoms. The van der Waals surface area contributed by atoms with Crippen molar-refractivity contribution in [1.82, 2.24) is 4.31 Å². The van der Waals surface area contributed by atoms with Crippen LogP contribution in [0.1, 0.15) is 25.8 Å². The second-order valence-electron chi connectivity index (χ2n) is 6.82. The van der Waals surface area contributed by atoms with Crippen LogP contribution in [0.3, 0.4) is 0 Å². The Morgan fingerprint density at radius 3 is 2.19 bits per heavy atom. The second kappa shape index (κ2) is 9.68. The number of sulfonamides is 1. The number of aliphatic carboxylic acids is 1. The molecule has 0 fully saturated rings. The van der Waals surface area contributed by atoms with Crippen molar-refractivity contribution in [2.24, 2.45) is 17.8 Å². The van der Waals surface area contributed by atoms with Crippen molar-refractivity contribution < 1.29 is 27.9 Å². The van der Waals surface area contributed by atoms with Gasteiger partial charge >= 0.3 is 11.9 Å². The number of benzene rings is 1. The first-order valence-electron chi connectivity index (χ1n) is 8.37. The second-order valence-corrected chi connectivity index (χ2v) is 8.91. The quantitative estimate of drug-likeness (QED) is 0.618. The van der Waals surface area contributed by atoms with Crippen molar-refractivity contribution >= 4 is 22.0 Å². The normalized spacial score (nSPS) is 14.2. The van der Waals surface area contributed by atoms with E-state index in [1.54, 1.807) is 24.3 Å². The van der Waals surface area contributed by atoms with E-state index in [1.165, 1.54) is 7.05 Å². The van der Waals surface area contributed by atoms with Crippen molar-refractivity contribution in [1.29, 1.82) is 0 Å². The summed E-state index contributed by atoms with van der Waals surface area (Å²) in [7, 11) is -2.23. The summed E-state index contributed by atoms with van der Waals surface area (Å²) in [5, 5.41) is 9.57. The lowest BCUT2D eigenvalue weighted by Gasteiger charge is -2.27.